The fourth-order valence-corrected chi connectivity index (χ4v) is 3.46. The number of methoxy groups -OCH3 is 1. The maximum absolute atomic E-state index is 12.5. The Hall–Kier alpha value is -2.23. The average molecular weight is 390 g/mol. The summed E-state index contributed by atoms with van der Waals surface area (Å²) < 4.78 is 42.2. The molecule has 1 aliphatic heterocycles. The van der Waals surface area contributed by atoms with E-state index in [9.17, 15) is 27.6 Å². The Bertz CT molecular complexity index is 679. The Morgan fingerprint density at radius 3 is 2.50 bits per heavy atom. The quantitative estimate of drug-likeness (QED) is 0.790. The zero-order valence-electron chi connectivity index (χ0n) is 13.8. The zero-order chi connectivity index (χ0) is 19.3. The van der Waals surface area contributed by atoms with Gasteiger partial charge in [0.25, 0.3) is 5.91 Å². The fraction of sp³-hybridized carbons (Fsp3) is 0.438. The first-order valence-corrected chi connectivity index (χ1v) is 8.70. The van der Waals surface area contributed by atoms with Crippen molar-refractivity contribution in [3.8, 4) is 0 Å². The van der Waals surface area contributed by atoms with Crippen molar-refractivity contribution in [3.05, 3.63) is 35.4 Å². The third kappa shape index (κ3) is 5.13. The summed E-state index contributed by atoms with van der Waals surface area (Å²) in [4.78, 5) is 37.2. The molecule has 2 rings (SSSR count). The lowest BCUT2D eigenvalue weighted by atomic mass is 10.1. The van der Waals surface area contributed by atoms with Gasteiger partial charge in [0.15, 0.2) is 0 Å². The third-order valence-electron chi connectivity index (χ3n) is 3.76. The summed E-state index contributed by atoms with van der Waals surface area (Å²) in [5, 5.41) is 1.91. The number of nitrogens with zero attached hydrogens (tertiary/aromatic N) is 1. The molecule has 1 aromatic carbocycles. The average Bonchev–Trinajstić information content (AvgIpc) is 2.64. The van der Waals surface area contributed by atoms with Crippen LogP contribution in [0.2, 0.25) is 0 Å². The molecule has 1 N–H and O–H groups in total. The van der Waals surface area contributed by atoms with Crippen LogP contribution in [0.3, 0.4) is 0 Å². The molecule has 1 saturated heterocycles. The van der Waals surface area contributed by atoms with Gasteiger partial charge in [-0.1, -0.05) is 0 Å². The zero-order valence-corrected chi connectivity index (χ0v) is 14.7. The summed E-state index contributed by atoms with van der Waals surface area (Å²) in [5.41, 5.74) is -0.836. The molecule has 0 saturated carbocycles. The van der Waals surface area contributed by atoms with E-state index in [4.69, 9.17) is 0 Å². The molecule has 0 unspecified atom stereocenters. The molecule has 142 valence electrons. The Labute approximate surface area is 152 Å². The first-order valence-electron chi connectivity index (χ1n) is 7.65. The molecule has 1 aromatic rings. The summed E-state index contributed by atoms with van der Waals surface area (Å²) >= 11 is 1.39. The van der Waals surface area contributed by atoms with Crippen molar-refractivity contribution >= 4 is 29.5 Å². The number of halogens is 3. The van der Waals surface area contributed by atoms with E-state index in [0.717, 1.165) is 24.3 Å². The third-order valence-corrected chi connectivity index (χ3v) is 4.92. The number of hydrogen-bond donors (Lipinski definition) is 1. The Morgan fingerprint density at radius 1 is 1.27 bits per heavy atom. The molecular weight excluding hydrogens is 373 g/mol. The van der Waals surface area contributed by atoms with Gasteiger partial charge in [0, 0.05) is 24.4 Å². The second-order valence-electron chi connectivity index (χ2n) is 5.48. The number of thioether (sulfide) groups is 1. The smallest absolute Gasteiger partial charge is 0.416 e. The number of ether oxygens (including phenoxy) is 1. The molecule has 0 radical (unpaired) electrons. The lowest BCUT2D eigenvalue weighted by molar-refractivity contribution is -0.141. The highest BCUT2D eigenvalue weighted by Crippen LogP contribution is 2.29. The second kappa shape index (κ2) is 8.43. The van der Waals surface area contributed by atoms with Gasteiger partial charge in [-0.15, -0.1) is 11.8 Å². The van der Waals surface area contributed by atoms with Crippen molar-refractivity contribution in [1.29, 1.82) is 0 Å². The molecule has 6 nitrogen and oxygen atoms in total. The van der Waals surface area contributed by atoms with Crippen LogP contribution in [0.5, 0.6) is 0 Å². The summed E-state index contributed by atoms with van der Waals surface area (Å²) in [6, 6.07) is 3.71. The van der Waals surface area contributed by atoms with E-state index in [-0.39, 0.29) is 24.6 Å². The SMILES string of the molecule is COC(=O)[C@@H]1CN(C(=O)CNC(=O)c2ccc(C(F)(F)F)cc2)CCS1. The van der Waals surface area contributed by atoms with Crippen molar-refractivity contribution in [3.63, 3.8) is 0 Å². The molecule has 0 bridgehead atoms. The normalized spacial score (nSPS) is 17.5. The highest BCUT2D eigenvalue weighted by atomic mass is 32.2. The van der Waals surface area contributed by atoms with Gasteiger partial charge in [-0.2, -0.15) is 13.2 Å². The van der Waals surface area contributed by atoms with E-state index < -0.39 is 28.9 Å². The van der Waals surface area contributed by atoms with E-state index in [1.807, 2.05) is 0 Å². The van der Waals surface area contributed by atoms with Gasteiger partial charge in [0.1, 0.15) is 5.25 Å². The van der Waals surface area contributed by atoms with Gasteiger partial charge >= 0.3 is 12.1 Å². The van der Waals surface area contributed by atoms with Crippen LogP contribution in [0.15, 0.2) is 24.3 Å². The molecule has 1 aliphatic rings. The predicted octanol–water partition coefficient (Wildman–Crippen LogP) is 1.55. The number of rotatable bonds is 4. The van der Waals surface area contributed by atoms with Crippen molar-refractivity contribution in [2.45, 2.75) is 11.4 Å². The number of hydrogen-bond acceptors (Lipinski definition) is 5. The number of carbonyl (C=O) groups excluding carboxylic acids is 3. The van der Waals surface area contributed by atoms with Crippen LogP contribution in [-0.2, 0) is 20.5 Å². The number of carbonyl (C=O) groups is 3. The highest BCUT2D eigenvalue weighted by Gasteiger charge is 2.31. The monoisotopic (exact) mass is 390 g/mol. The van der Waals surface area contributed by atoms with Gasteiger partial charge in [-0.05, 0) is 24.3 Å². The predicted molar refractivity (Wildman–Crippen MR) is 88.6 cm³/mol. The summed E-state index contributed by atoms with van der Waals surface area (Å²) in [5.74, 6) is -0.873. The molecule has 10 heteroatoms. The van der Waals surface area contributed by atoms with Crippen LogP contribution in [0, 0.1) is 0 Å². The molecule has 0 spiro atoms. The topological polar surface area (TPSA) is 75.7 Å². The number of esters is 1. The first kappa shape index (κ1) is 20.1. The van der Waals surface area contributed by atoms with Crippen molar-refractivity contribution in [2.75, 3.05) is 32.5 Å². The standard InChI is InChI=1S/C16H17F3N2O4S/c1-25-15(24)12-9-21(6-7-26-12)13(22)8-20-14(23)10-2-4-11(5-3-10)16(17,18)19/h2-5,12H,6-9H2,1H3,(H,20,23)/t12-/m0/s1. The van der Waals surface area contributed by atoms with E-state index in [1.54, 1.807) is 0 Å². The van der Waals surface area contributed by atoms with Gasteiger partial charge in [-0.3, -0.25) is 14.4 Å². The lowest BCUT2D eigenvalue weighted by Gasteiger charge is -2.31. The Kier molecular flexibility index (Phi) is 6.52. The number of alkyl halides is 3. The van der Waals surface area contributed by atoms with Gasteiger partial charge in [-0.25, -0.2) is 0 Å². The van der Waals surface area contributed by atoms with Gasteiger partial charge in [0.05, 0.1) is 19.2 Å². The first-order chi connectivity index (χ1) is 12.2. The summed E-state index contributed by atoms with van der Waals surface area (Å²) in [6.45, 7) is 0.317. The van der Waals surface area contributed by atoms with Crippen molar-refractivity contribution in [1.82, 2.24) is 10.2 Å². The van der Waals surface area contributed by atoms with E-state index >= 15 is 0 Å². The maximum atomic E-state index is 12.5. The molecule has 1 heterocycles. The maximum Gasteiger partial charge on any atom is 0.416 e. The fourth-order valence-electron chi connectivity index (χ4n) is 2.33. The van der Waals surface area contributed by atoms with Crippen LogP contribution in [-0.4, -0.2) is 60.4 Å². The minimum absolute atomic E-state index is 0.0208. The summed E-state index contributed by atoms with van der Waals surface area (Å²) in [7, 11) is 1.27. The Balaban J connectivity index is 1.88. The lowest BCUT2D eigenvalue weighted by Crippen LogP contribution is -2.48. The second-order valence-corrected chi connectivity index (χ2v) is 6.79. The van der Waals surface area contributed by atoms with E-state index in [2.05, 4.69) is 10.1 Å². The summed E-state index contributed by atoms with van der Waals surface area (Å²) in [6.07, 6.45) is -4.48. The highest BCUT2D eigenvalue weighted by molar-refractivity contribution is 8.00. The van der Waals surface area contributed by atoms with Crippen LogP contribution >= 0.6 is 11.8 Å². The number of nitrogens with one attached hydrogen (secondary N) is 1. The van der Waals surface area contributed by atoms with Crippen LogP contribution in [0.4, 0.5) is 13.2 Å². The van der Waals surface area contributed by atoms with Gasteiger partial charge in [0.2, 0.25) is 5.91 Å². The molecule has 0 aromatic heterocycles. The minimum Gasteiger partial charge on any atom is -0.468 e. The van der Waals surface area contributed by atoms with Crippen LogP contribution in [0.1, 0.15) is 15.9 Å². The van der Waals surface area contributed by atoms with E-state index in [1.165, 1.54) is 23.8 Å². The van der Waals surface area contributed by atoms with E-state index in [0.29, 0.717) is 12.3 Å². The van der Waals surface area contributed by atoms with Crippen LogP contribution in [0.25, 0.3) is 0 Å². The van der Waals surface area contributed by atoms with Crippen molar-refractivity contribution in [2.24, 2.45) is 0 Å². The molecule has 1 atom stereocenters. The number of amides is 2. The minimum atomic E-state index is -4.48. The van der Waals surface area contributed by atoms with Crippen LogP contribution < -0.4 is 5.32 Å². The molecule has 2 amide bonds. The molecule has 1 fully saturated rings. The molecule has 26 heavy (non-hydrogen) atoms. The molecule has 0 aliphatic carbocycles. The van der Waals surface area contributed by atoms with Crippen molar-refractivity contribution < 1.29 is 32.3 Å². The molecular formula is C16H17F3N2O4S. The Morgan fingerprint density at radius 2 is 1.92 bits per heavy atom. The largest absolute Gasteiger partial charge is 0.468 e. The number of benzene rings is 1. The van der Waals surface area contributed by atoms with Gasteiger partial charge < -0.3 is 15.0 Å².